The molecule has 1 fully saturated rings. The molecule has 0 atom stereocenters. The van der Waals surface area contributed by atoms with Crippen LogP contribution in [0.15, 0.2) is 109 Å². The molecular weight excluding hydrogens is 587 g/mol. The zero-order valence-electron chi connectivity index (χ0n) is 25.6. The number of benzene rings is 4. The van der Waals surface area contributed by atoms with E-state index < -0.39 is 11.7 Å². The Hall–Kier alpha value is -4.89. The van der Waals surface area contributed by atoms with E-state index in [0.29, 0.717) is 24.5 Å². The summed E-state index contributed by atoms with van der Waals surface area (Å²) in [5.41, 5.74) is 5.79. The van der Waals surface area contributed by atoms with Crippen LogP contribution in [0.4, 0.5) is 23.7 Å². The number of aromatic amines is 1. The highest BCUT2D eigenvalue weighted by Crippen LogP contribution is 2.31. The first kappa shape index (κ1) is 31.1. The molecule has 2 amide bonds. The second-order valence-corrected chi connectivity index (χ2v) is 11.7. The molecule has 46 heavy (non-hydrogen) atoms. The minimum absolute atomic E-state index is 0.0525. The van der Waals surface area contributed by atoms with E-state index in [9.17, 15) is 18.0 Å². The molecule has 9 heteroatoms. The Balaban J connectivity index is 1.12. The second-order valence-electron chi connectivity index (χ2n) is 11.7. The maximum Gasteiger partial charge on any atom is 0.416 e. The Labute approximate surface area is 266 Å². The van der Waals surface area contributed by atoms with Crippen LogP contribution in [0.5, 0.6) is 0 Å². The van der Waals surface area contributed by atoms with E-state index in [1.807, 2.05) is 60.4 Å². The summed E-state index contributed by atoms with van der Waals surface area (Å²) in [6.45, 7) is 4.62. The normalized spacial score (nSPS) is 14.3. The van der Waals surface area contributed by atoms with Crippen molar-refractivity contribution in [3.63, 3.8) is 0 Å². The van der Waals surface area contributed by atoms with Crippen LogP contribution < -0.4 is 5.32 Å². The van der Waals surface area contributed by atoms with Crippen LogP contribution in [0.1, 0.15) is 35.4 Å². The molecule has 1 aliphatic rings. The zero-order chi connectivity index (χ0) is 32.1. The number of nitrogens with zero attached hydrogens (tertiary/aromatic N) is 3. The number of carbonyl (C=O) groups is 1. The molecule has 1 aliphatic heterocycles. The van der Waals surface area contributed by atoms with Gasteiger partial charge in [0.2, 0.25) is 0 Å². The van der Waals surface area contributed by atoms with Crippen molar-refractivity contribution >= 4 is 11.7 Å². The predicted molar refractivity (Wildman–Crippen MR) is 175 cm³/mol. The summed E-state index contributed by atoms with van der Waals surface area (Å²) >= 11 is 0. The molecular formula is C37H36F3N5O. The number of halogens is 3. The van der Waals surface area contributed by atoms with Gasteiger partial charge in [0.25, 0.3) is 0 Å². The predicted octanol–water partition coefficient (Wildman–Crippen LogP) is 8.77. The van der Waals surface area contributed by atoms with Gasteiger partial charge in [-0.3, -0.25) is 4.90 Å². The first-order chi connectivity index (χ1) is 22.2. The molecule has 0 unspecified atom stereocenters. The SMILES string of the molecule is Cc1[nH]c(-c2ccc(C(F)(F)F)cc2)nc1CN1CCC(N(Cc2ccc(-c3ccccc3)cc2)C(=O)Nc2ccccc2)CC1. The number of H-pyrrole nitrogens is 1. The molecule has 6 rings (SSSR count). The molecule has 4 aromatic carbocycles. The average Bonchev–Trinajstić information content (AvgIpc) is 3.44. The lowest BCUT2D eigenvalue weighted by atomic mass is 10.0. The standard InChI is InChI=1S/C37H36F3N5O/c1-26-34(43-35(41-26)30-16-18-31(19-17-30)37(38,39)40)25-44-22-20-33(21-23-44)45(36(46)42-32-10-6-3-7-11-32)24-27-12-14-29(15-13-27)28-8-4-2-5-9-28/h2-19,33H,20-25H2,1H3,(H,41,43)(H,42,46). The van der Waals surface area contributed by atoms with Gasteiger partial charge in [0, 0.05) is 49.2 Å². The molecule has 236 valence electrons. The molecule has 0 bridgehead atoms. The quantitative estimate of drug-likeness (QED) is 0.182. The smallest absolute Gasteiger partial charge is 0.342 e. The maximum absolute atomic E-state index is 13.7. The molecule has 0 spiro atoms. The third kappa shape index (κ3) is 7.49. The van der Waals surface area contributed by atoms with Gasteiger partial charge >= 0.3 is 12.2 Å². The number of aryl methyl sites for hydroxylation is 1. The molecule has 0 radical (unpaired) electrons. The lowest BCUT2D eigenvalue weighted by Gasteiger charge is -2.38. The van der Waals surface area contributed by atoms with Gasteiger partial charge < -0.3 is 15.2 Å². The van der Waals surface area contributed by atoms with Crippen molar-refractivity contribution in [2.75, 3.05) is 18.4 Å². The Kier molecular flexibility index (Phi) is 9.21. The van der Waals surface area contributed by atoms with Gasteiger partial charge in [-0.05, 0) is 60.7 Å². The topological polar surface area (TPSA) is 64.3 Å². The number of hydrogen-bond donors (Lipinski definition) is 2. The Morgan fingerprint density at radius 1 is 0.848 bits per heavy atom. The van der Waals surface area contributed by atoms with E-state index in [0.717, 1.165) is 71.8 Å². The monoisotopic (exact) mass is 623 g/mol. The highest BCUT2D eigenvalue weighted by molar-refractivity contribution is 5.89. The Morgan fingerprint density at radius 3 is 2.07 bits per heavy atom. The Morgan fingerprint density at radius 2 is 1.43 bits per heavy atom. The molecule has 1 aromatic heterocycles. The third-order valence-electron chi connectivity index (χ3n) is 8.54. The van der Waals surface area contributed by atoms with Crippen LogP contribution >= 0.6 is 0 Å². The van der Waals surface area contributed by atoms with Crippen LogP contribution in [0, 0.1) is 6.92 Å². The number of amides is 2. The van der Waals surface area contributed by atoms with Gasteiger partial charge in [0.05, 0.1) is 11.3 Å². The van der Waals surface area contributed by atoms with Gasteiger partial charge in [-0.15, -0.1) is 0 Å². The van der Waals surface area contributed by atoms with E-state index in [-0.39, 0.29) is 12.1 Å². The number of likely N-dealkylation sites (tertiary alicyclic amines) is 1. The van der Waals surface area contributed by atoms with Crippen LogP contribution in [0.25, 0.3) is 22.5 Å². The van der Waals surface area contributed by atoms with Crippen molar-refractivity contribution in [3.05, 3.63) is 132 Å². The number of hydrogen-bond acceptors (Lipinski definition) is 3. The molecule has 0 aliphatic carbocycles. The summed E-state index contributed by atoms with van der Waals surface area (Å²) in [7, 11) is 0. The number of para-hydroxylation sites is 1. The minimum Gasteiger partial charge on any atom is -0.342 e. The zero-order valence-corrected chi connectivity index (χ0v) is 25.6. The number of urea groups is 1. The van der Waals surface area contributed by atoms with E-state index in [1.54, 1.807) is 0 Å². The third-order valence-corrected chi connectivity index (χ3v) is 8.54. The fourth-order valence-electron chi connectivity index (χ4n) is 5.92. The van der Waals surface area contributed by atoms with Crippen molar-refractivity contribution < 1.29 is 18.0 Å². The number of anilines is 1. The molecule has 1 saturated heterocycles. The first-order valence-electron chi connectivity index (χ1n) is 15.5. The summed E-state index contributed by atoms with van der Waals surface area (Å²) in [5, 5.41) is 3.08. The first-order valence-corrected chi connectivity index (χ1v) is 15.5. The summed E-state index contributed by atoms with van der Waals surface area (Å²) in [5.74, 6) is 0.554. The van der Waals surface area contributed by atoms with Gasteiger partial charge in [0.15, 0.2) is 0 Å². The average molecular weight is 624 g/mol. The lowest BCUT2D eigenvalue weighted by Crippen LogP contribution is -2.48. The van der Waals surface area contributed by atoms with Crippen molar-refractivity contribution in [2.45, 2.75) is 45.1 Å². The van der Waals surface area contributed by atoms with Crippen LogP contribution in [-0.4, -0.2) is 44.9 Å². The van der Waals surface area contributed by atoms with E-state index in [2.05, 4.69) is 51.6 Å². The number of carbonyl (C=O) groups excluding carboxylic acids is 1. The molecule has 2 heterocycles. The van der Waals surface area contributed by atoms with Gasteiger partial charge in [-0.2, -0.15) is 13.2 Å². The summed E-state index contributed by atoms with van der Waals surface area (Å²) in [6, 6.07) is 33.1. The number of rotatable bonds is 8. The van der Waals surface area contributed by atoms with E-state index >= 15 is 0 Å². The van der Waals surface area contributed by atoms with E-state index in [1.165, 1.54) is 12.1 Å². The van der Waals surface area contributed by atoms with Crippen molar-refractivity contribution in [1.29, 1.82) is 0 Å². The number of piperidine rings is 1. The van der Waals surface area contributed by atoms with Crippen molar-refractivity contribution in [2.24, 2.45) is 0 Å². The number of alkyl halides is 3. The number of aromatic nitrogens is 2. The highest BCUT2D eigenvalue weighted by Gasteiger charge is 2.31. The fourth-order valence-corrected chi connectivity index (χ4v) is 5.92. The highest BCUT2D eigenvalue weighted by atomic mass is 19.4. The summed E-state index contributed by atoms with van der Waals surface area (Å²) in [6.07, 6.45) is -2.77. The molecule has 2 N–H and O–H groups in total. The Bertz CT molecular complexity index is 1730. The van der Waals surface area contributed by atoms with E-state index in [4.69, 9.17) is 4.98 Å². The van der Waals surface area contributed by atoms with Crippen molar-refractivity contribution in [1.82, 2.24) is 19.8 Å². The number of nitrogens with one attached hydrogen (secondary N) is 2. The molecule has 5 aromatic rings. The maximum atomic E-state index is 13.7. The van der Waals surface area contributed by atoms with Gasteiger partial charge in [-0.25, -0.2) is 9.78 Å². The van der Waals surface area contributed by atoms with Crippen LogP contribution in [0.3, 0.4) is 0 Å². The minimum atomic E-state index is -4.38. The summed E-state index contributed by atoms with van der Waals surface area (Å²) < 4.78 is 39.0. The largest absolute Gasteiger partial charge is 0.416 e. The van der Waals surface area contributed by atoms with Gasteiger partial charge in [-0.1, -0.05) is 84.9 Å². The fraction of sp³-hybridized carbons (Fsp3) is 0.243. The van der Waals surface area contributed by atoms with Gasteiger partial charge in [0.1, 0.15) is 5.82 Å². The van der Waals surface area contributed by atoms with Crippen LogP contribution in [0.2, 0.25) is 0 Å². The summed E-state index contributed by atoms with van der Waals surface area (Å²) in [4.78, 5) is 25.9. The van der Waals surface area contributed by atoms with Crippen LogP contribution in [-0.2, 0) is 19.3 Å². The lowest BCUT2D eigenvalue weighted by molar-refractivity contribution is -0.137. The molecule has 0 saturated carbocycles. The number of imidazole rings is 1. The molecule has 6 nitrogen and oxygen atoms in total. The second kappa shape index (κ2) is 13.6. The van der Waals surface area contributed by atoms with Crippen molar-refractivity contribution in [3.8, 4) is 22.5 Å².